The van der Waals surface area contributed by atoms with Crippen molar-refractivity contribution in [2.45, 2.75) is 13.0 Å². The van der Waals surface area contributed by atoms with Gasteiger partial charge in [0.15, 0.2) is 6.61 Å². The lowest BCUT2D eigenvalue weighted by Crippen LogP contribution is -2.30. The number of hydrogen-bond acceptors (Lipinski definition) is 5. The third-order valence-electron chi connectivity index (χ3n) is 3.72. The Labute approximate surface area is 160 Å². The molecule has 2 heterocycles. The maximum absolute atomic E-state index is 12.0. The zero-order valence-electron chi connectivity index (χ0n) is 14.4. The largest absolute Gasteiger partial charge is 0.452 e. The van der Waals surface area contributed by atoms with Crippen molar-refractivity contribution in [3.63, 3.8) is 0 Å². The number of benzene rings is 1. The SMILES string of the molecule is O=C(COC(=O)c1ccc(Cn2cccn2)o1)NCCc1ccc(Cl)cc1. The Hall–Kier alpha value is -3.06. The maximum Gasteiger partial charge on any atom is 0.374 e. The molecule has 0 aliphatic rings. The third kappa shape index (κ3) is 5.72. The van der Waals surface area contributed by atoms with Gasteiger partial charge in [0, 0.05) is 24.0 Å². The highest BCUT2D eigenvalue weighted by Crippen LogP contribution is 2.11. The first-order chi connectivity index (χ1) is 13.1. The molecule has 3 aromatic rings. The second kappa shape index (κ2) is 9.05. The minimum absolute atomic E-state index is 0.0473. The molecule has 0 spiro atoms. The van der Waals surface area contributed by atoms with Crippen LogP contribution in [0.2, 0.25) is 5.02 Å². The molecule has 2 aromatic heterocycles. The first kappa shape index (κ1) is 18.7. The van der Waals surface area contributed by atoms with Crippen LogP contribution >= 0.6 is 11.6 Å². The molecule has 0 saturated heterocycles. The van der Waals surface area contributed by atoms with Gasteiger partial charge in [-0.25, -0.2) is 4.79 Å². The fourth-order valence-electron chi connectivity index (χ4n) is 2.38. The van der Waals surface area contributed by atoms with Crippen molar-refractivity contribution in [3.05, 3.63) is 77.0 Å². The van der Waals surface area contributed by atoms with Crippen molar-refractivity contribution in [2.75, 3.05) is 13.2 Å². The minimum Gasteiger partial charge on any atom is -0.452 e. The molecule has 1 aromatic carbocycles. The quantitative estimate of drug-likeness (QED) is 0.600. The van der Waals surface area contributed by atoms with E-state index in [4.69, 9.17) is 20.8 Å². The van der Waals surface area contributed by atoms with Crippen LogP contribution in [0.25, 0.3) is 0 Å². The maximum atomic E-state index is 12.0. The number of carbonyl (C=O) groups excluding carboxylic acids is 2. The number of furan rings is 1. The van der Waals surface area contributed by atoms with Gasteiger partial charge >= 0.3 is 5.97 Å². The summed E-state index contributed by atoms with van der Waals surface area (Å²) in [7, 11) is 0. The van der Waals surface area contributed by atoms with Gasteiger partial charge in [-0.15, -0.1) is 0 Å². The van der Waals surface area contributed by atoms with E-state index in [0.717, 1.165) is 5.56 Å². The summed E-state index contributed by atoms with van der Waals surface area (Å²) in [6, 6.07) is 12.4. The second-order valence-electron chi connectivity index (χ2n) is 5.77. The fourth-order valence-corrected chi connectivity index (χ4v) is 2.50. The predicted molar refractivity (Wildman–Crippen MR) is 98.5 cm³/mol. The van der Waals surface area contributed by atoms with Crippen molar-refractivity contribution >= 4 is 23.5 Å². The fraction of sp³-hybridized carbons (Fsp3) is 0.211. The highest BCUT2D eigenvalue weighted by molar-refractivity contribution is 6.30. The van der Waals surface area contributed by atoms with Gasteiger partial charge in [-0.3, -0.25) is 9.48 Å². The lowest BCUT2D eigenvalue weighted by atomic mass is 10.1. The summed E-state index contributed by atoms with van der Waals surface area (Å²) in [6.07, 6.45) is 4.10. The number of aromatic nitrogens is 2. The summed E-state index contributed by atoms with van der Waals surface area (Å²) >= 11 is 5.82. The van der Waals surface area contributed by atoms with Crippen LogP contribution in [0.5, 0.6) is 0 Å². The molecular weight excluding hydrogens is 370 g/mol. The Bertz CT molecular complexity index is 888. The van der Waals surface area contributed by atoms with Crippen LogP contribution in [0.15, 0.2) is 59.3 Å². The highest BCUT2D eigenvalue weighted by Gasteiger charge is 2.14. The number of esters is 1. The van der Waals surface area contributed by atoms with E-state index in [1.54, 1.807) is 41.3 Å². The average molecular weight is 388 g/mol. The van der Waals surface area contributed by atoms with E-state index in [9.17, 15) is 9.59 Å². The molecule has 0 atom stereocenters. The topological polar surface area (TPSA) is 86.4 Å². The first-order valence-electron chi connectivity index (χ1n) is 8.34. The molecule has 0 saturated carbocycles. The van der Waals surface area contributed by atoms with E-state index in [1.807, 2.05) is 12.1 Å². The van der Waals surface area contributed by atoms with Gasteiger partial charge in [0.1, 0.15) is 5.76 Å². The Morgan fingerprint density at radius 2 is 2.00 bits per heavy atom. The molecule has 0 fully saturated rings. The van der Waals surface area contributed by atoms with E-state index in [-0.39, 0.29) is 18.3 Å². The number of rotatable bonds is 8. The number of nitrogens with one attached hydrogen (secondary N) is 1. The van der Waals surface area contributed by atoms with Gasteiger partial charge in [-0.1, -0.05) is 23.7 Å². The van der Waals surface area contributed by atoms with Gasteiger partial charge in [-0.2, -0.15) is 5.10 Å². The zero-order chi connectivity index (χ0) is 19.1. The molecule has 0 aliphatic carbocycles. The van der Waals surface area contributed by atoms with Crippen molar-refractivity contribution in [1.29, 1.82) is 0 Å². The van der Waals surface area contributed by atoms with Gasteiger partial charge in [0.2, 0.25) is 5.76 Å². The molecule has 27 heavy (non-hydrogen) atoms. The van der Waals surface area contributed by atoms with Gasteiger partial charge in [0.05, 0.1) is 6.54 Å². The molecule has 0 radical (unpaired) electrons. The molecule has 1 N–H and O–H groups in total. The van der Waals surface area contributed by atoms with E-state index >= 15 is 0 Å². The molecular formula is C19H18ClN3O4. The summed E-state index contributed by atoms with van der Waals surface area (Å²) in [6.45, 7) is 0.479. The van der Waals surface area contributed by atoms with Crippen molar-refractivity contribution in [2.24, 2.45) is 0 Å². The number of ether oxygens (including phenoxy) is 1. The lowest BCUT2D eigenvalue weighted by Gasteiger charge is -2.06. The predicted octanol–water partition coefficient (Wildman–Crippen LogP) is 2.69. The molecule has 3 rings (SSSR count). The molecule has 0 aliphatic heterocycles. The van der Waals surface area contributed by atoms with E-state index in [2.05, 4.69) is 10.4 Å². The van der Waals surface area contributed by atoms with E-state index in [1.165, 1.54) is 6.07 Å². The summed E-state index contributed by atoms with van der Waals surface area (Å²) < 4.78 is 12.1. The van der Waals surface area contributed by atoms with Crippen LogP contribution in [-0.2, 0) is 22.5 Å². The Kier molecular flexibility index (Phi) is 6.27. The van der Waals surface area contributed by atoms with Crippen molar-refractivity contribution in [1.82, 2.24) is 15.1 Å². The first-order valence-corrected chi connectivity index (χ1v) is 8.72. The van der Waals surface area contributed by atoms with Crippen molar-refractivity contribution in [3.8, 4) is 0 Å². The molecule has 1 amide bonds. The Morgan fingerprint density at radius 3 is 2.74 bits per heavy atom. The minimum atomic E-state index is -0.686. The van der Waals surface area contributed by atoms with Crippen LogP contribution in [0.1, 0.15) is 21.9 Å². The highest BCUT2D eigenvalue weighted by atomic mass is 35.5. The normalized spacial score (nSPS) is 10.6. The smallest absolute Gasteiger partial charge is 0.374 e. The third-order valence-corrected chi connectivity index (χ3v) is 3.98. The van der Waals surface area contributed by atoms with Gasteiger partial charge in [0.25, 0.3) is 5.91 Å². The number of nitrogens with zero attached hydrogens (tertiary/aromatic N) is 2. The second-order valence-corrected chi connectivity index (χ2v) is 6.21. The van der Waals surface area contributed by atoms with Crippen LogP contribution in [-0.4, -0.2) is 34.8 Å². The molecule has 7 nitrogen and oxygen atoms in total. The summed E-state index contributed by atoms with van der Waals surface area (Å²) in [5, 5.41) is 7.42. The monoisotopic (exact) mass is 387 g/mol. The number of hydrogen-bond donors (Lipinski definition) is 1. The molecule has 140 valence electrons. The summed E-state index contributed by atoms with van der Waals surface area (Å²) in [5.41, 5.74) is 1.05. The van der Waals surface area contributed by atoms with Gasteiger partial charge in [-0.05, 0) is 42.3 Å². The summed E-state index contributed by atoms with van der Waals surface area (Å²) in [5.74, 6) is -0.445. The molecule has 8 heteroatoms. The Morgan fingerprint density at radius 1 is 1.19 bits per heavy atom. The van der Waals surface area contributed by atoms with Gasteiger partial charge < -0.3 is 14.5 Å². The van der Waals surface area contributed by atoms with Crippen LogP contribution in [0.4, 0.5) is 0 Å². The standard InChI is InChI=1S/C19H18ClN3O4/c20-15-4-2-14(3-5-15)8-10-21-18(24)13-26-19(25)17-7-6-16(27-17)12-23-11-1-9-22-23/h1-7,9,11H,8,10,12-13H2,(H,21,24). The van der Waals surface area contributed by atoms with Crippen molar-refractivity contribution < 1.29 is 18.7 Å². The number of carbonyl (C=O) groups is 2. The summed E-state index contributed by atoms with van der Waals surface area (Å²) in [4.78, 5) is 23.7. The Balaban J connectivity index is 1.38. The number of amides is 1. The van der Waals surface area contributed by atoms with Crippen LogP contribution < -0.4 is 5.32 Å². The lowest BCUT2D eigenvalue weighted by molar-refractivity contribution is -0.124. The van der Waals surface area contributed by atoms with E-state index in [0.29, 0.717) is 30.3 Å². The average Bonchev–Trinajstić information content (AvgIpc) is 3.34. The molecule has 0 unspecified atom stereocenters. The van der Waals surface area contributed by atoms with Crippen LogP contribution in [0.3, 0.4) is 0 Å². The number of halogens is 1. The molecule has 0 bridgehead atoms. The zero-order valence-corrected chi connectivity index (χ0v) is 15.2. The van der Waals surface area contributed by atoms with E-state index < -0.39 is 5.97 Å². The van der Waals surface area contributed by atoms with Crippen LogP contribution in [0, 0.1) is 0 Å².